The van der Waals surface area contributed by atoms with Crippen LogP contribution in [-0.4, -0.2) is 23.2 Å². The van der Waals surface area contributed by atoms with Crippen molar-refractivity contribution in [3.8, 4) is 11.5 Å². The van der Waals surface area contributed by atoms with Gasteiger partial charge in [-0.15, -0.1) is 0 Å². The van der Waals surface area contributed by atoms with Gasteiger partial charge >= 0.3 is 0 Å². The Morgan fingerprint density at radius 3 is 2.48 bits per heavy atom. The maximum absolute atomic E-state index is 12.2. The van der Waals surface area contributed by atoms with Crippen molar-refractivity contribution in [3.63, 3.8) is 0 Å². The maximum atomic E-state index is 12.2. The number of rotatable bonds is 5. The first-order chi connectivity index (χ1) is 9.91. The molecule has 21 heavy (non-hydrogen) atoms. The number of anilines is 1. The van der Waals surface area contributed by atoms with Gasteiger partial charge in [-0.1, -0.05) is 13.8 Å². The van der Waals surface area contributed by atoms with E-state index >= 15 is 0 Å². The molecule has 1 amide bonds. The zero-order valence-electron chi connectivity index (χ0n) is 11.8. The Labute approximate surface area is 121 Å². The summed E-state index contributed by atoms with van der Waals surface area (Å²) in [5, 5.41) is 13.6. The molecule has 1 heterocycles. The van der Waals surface area contributed by atoms with Crippen molar-refractivity contribution in [2.75, 3.05) is 12.1 Å². The number of hydrogen-bond donors (Lipinski definition) is 2. The molecule has 114 valence electrons. The lowest BCUT2D eigenvalue weighted by atomic mass is 9.93. The summed E-state index contributed by atoms with van der Waals surface area (Å²) in [5.74, 6) is 0.172. The average molecular weight is 295 g/mol. The Morgan fingerprint density at radius 2 is 1.95 bits per heavy atom. The highest BCUT2D eigenvalue weighted by Gasteiger charge is 2.32. The van der Waals surface area contributed by atoms with Crippen LogP contribution in [-0.2, 0) is 4.79 Å². The fourth-order valence-corrected chi connectivity index (χ4v) is 2.00. The molecule has 1 aromatic rings. The number of nitro groups is 1. The lowest BCUT2D eigenvalue weighted by Gasteiger charge is -2.25. The molecule has 2 rings (SSSR count). The Hall–Kier alpha value is -2.35. The molecule has 0 aromatic heterocycles. The lowest BCUT2D eigenvalue weighted by Crippen LogP contribution is -2.50. The number of amides is 1. The Kier molecular flexibility index (Phi) is 3.99. The number of fused-ring (bicyclic) bond motifs is 1. The second-order valence-electron chi connectivity index (χ2n) is 4.80. The van der Waals surface area contributed by atoms with Crippen molar-refractivity contribution in [2.24, 2.45) is 5.73 Å². The second-order valence-corrected chi connectivity index (χ2v) is 4.80. The summed E-state index contributed by atoms with van der Waals surface area (Å²) in [4.78, 5) is 22.8. The number of carbonyl (C=O) groups excluding carboxylic acids is 1. The molecular weight excluding hydrogens is 278 g/mol. The Balaban J connectivity index is 2.35. The van der Waals surface area contributed by atoms with Crippen LogP contribution in [0.3, 0.4) is 0 Å². The molecule has 0 unspecified atom stereocenters. The van der Waals surface area contributed by atoms with Crippen molar-refractivity contribution in [3.05, 3.63) is 22.2 Å². The molecule has 3 N–H and O–H groups in total. The highest BCUT2D eigenvalue weighted by molar-refractivity contribution is 6.00. The molecule has 1 aliphatic heterocycles. The first kappa shape index (κ1) is 15.0. The minimum atomic E-state index is -1.07. The normalized spacial score (nSPS) is 13.1. The summed E-state index contributed by atoms with van der Waals surface area (Å²) in [6.07, 6.45) is 0.849. The first-order valence-electron chi connectivity index (χ1n) is 6.59. The van der Waals surface area contributed by atoms with Gasteiger partial charge in [0.2, 0.25) is 12.7 Å². The quantitative estimate of drug-likeness (QED) is 0.631. The standard InChI is InChI=1S/C13H17N3O5/c1-3-13(14,4-2)12(17)15-8-5-10-11(21-7-20-10)6-9(8)16(18)19/h5-6H,3-4,7,14H2,1-2H3,(H,15,17). The van der Waals surface area contributed by atoms with Gasteiger partial charge in [-0.05, 0) is 12.8 Å². The van der Waals surface area contributed by atoms with E-state index in [-0.39, 0.29) is 23.9 Å². The molecule has 0 saturated heterocycles. The Bertz CT molecular complexity index is 583. The minimum Gasteiger partial charge on any atom is -0.454 e. The van der Waals surface area contributed by atoms with Crippen LogP contribution in [0.2, 0.25) is 0 Å². The predicted octanol–water partition coefficient (Wildman–Crippen LogP) is 1.78. The van der Waals surface area contributed by atoms with Crippen molar-refractivity contribution < 1.29 is 19.2 Å². The first-order valence-corrected chi connectivity index (χ1v) is 6.59. The van der Waals surface area contributed by atoms with Crippen LogP contribution < -0.4 is 20.5 Å². The number of nitrogens with two attached hydrogens (primary N) is 1. The summed E-state index contributed by atoms with van der Waals surface area (Å²) in [7, 11) is 0. The molecule has 8 heteroatoms. The average Bonchev–Trinajstić information content (AvgIpc) is 2.92. The molecule has 0 atom stereocenters. The number of carbonyl (C=O) groups is 1. The number of nitrogens with zero attached hydrogens (tertiary/aromatic N) is 1. The zero-order valence-corrected chi connectivity index (χ0v) is 11.8. The monoisotopic (exact) mass is 295 g/mol. The summed E-state index contributed by atoms with van der Waals surface area (Å²) in [6.45, 7) is 3.57. The van der Waals surface area contributed by atoms with Crippen LogP contribution in [0.25, 0.3) is 0 Å². The fraction of sp³-hybridized carbons (Fsp3) is 0.462. The summed E-state index contributed by atoms with van der Waals surface area (Å²) in [5.41, 5.74) is 4.71. The minimum absolute atomic E-state index is 0.00532. The zero-order chi connectivity index (χ0) is 15.6. The third kappa shape index (κ3) is 2.75. The van der Waals surface area contributed by atoms with E-state index in [9.17, 15) is 14.9 Å². The number of ether oxygens (including phenoxy) is 2. The SMILES string of the molecule is CCC(N)(CC)C(=O)Nc1cc2c(cc1[N+](=O)[O-])OCO2. The van der Waals surface area contributed by atoms with Gasteiger partial charge in [0.1, 0.15) is 5.69 Å². The van der Waals surface area contributed by atoms with Gasteiger partial charge in [0.15, 0.2) is 11.5 Å². The molecule has 8 nitrogen and oxygen atoms in total. The smallest absolute Gasteiger partial charge is 0.296 e. The van der Waals surface area contributed by atoms with E-state index in [1.54, 1.807) is 13.8 Å². The summed E-state index contributed by atoms with van der Waals surface area (Å²) < 4.78 is 10.3. The molecular formula is C13H17N3O5. The van der Waals surface area contributed by atoms with Gasteiger partial charge in [0.25, 0.3) is 5.69 Å². The van der Waals surface area contributed by atoms with Gasteiger partial charge < -0.3 is 20.5 Å². The van der Waals surface area contributed by atoms with E-state index in [0.717, 1.165) is 0 Å². The maximum Gasteiger partial charge on any atom is 0.296 e. The number of hydrogen-bond acceptors (Lipinski definition) is 6. The van der Waals surface area contributed by atoms with E-state index in [0.29, 0.717) is 18.6 Å². The van der Waals surface area contributed by atoms with Crippen molar-refractivity contribution >= 4 is 17.3 Å². The van der Waals surface area contributed by atoms with Gasteiger partial charge in [-0.25, -0.2) is 0 Å². The van der Waals surface area contributed by atoms with Gasteiger partial charge in [0.05, 0.1) is 16.5 Å². The van der Waals surface area contributed by atoms with Crippen LogP contribution in [0.15, 0.2) is 12.1 Å². The largest absolute Gasteiger partial charge is 0.454 e. The fourth-order valence-electron chi connectivity index (χ4n) is 2.00. The van der Waals surface area contributed by atoms with Crippen LogP contribution >= 0.6 is 0 Å². The Morgan fingerprint density at radius 1 is 1.38 bits per heavy atom. The molecule has 0 spiro atoms. The van der Waals surface area contributed by atoms with Crippen LogP contribution in [0, 0.1) is 10.1 Å². The molecule has 1 aliphatic rings. The second kappa shape index (κ2) is 5.57. The molecule has 1 aromatic carbocycles. The lowest BCUT2D eigenvalue weighted by molar-refractivity contribution is -0.384. The van der Waals surface area contributed by atoms with Crippen molar-refractivity contribution in [1.29, 1.82) is 0 Å². The van der Waals surface area contributed by atoms with E-state index in [2.05, 4.69) is 5.32 Å². The molecule has 0 bridgehead atoms. The summed E-state index contributed by atoms with van der Waals surface area (Å²) >= 11 is 0. The molecule has 0 aliphatic carbocycles. The predicted molar refractivity (Wildman–Crippen MR) is 75.3 cm³/mol. The van der Waals surface area contributed by atoms with E-state index in [1.807, 2.05) is 0 Å². The van der Waals surface area contributed by atoms with Crippen LogP contribution in [0.5, 0.6) is 11.5 Å². The molecule has 0 radical (unpaired) electrons. The van der Waals surface area contributed by atoms with E-state index < -0.39 is 16.4 Å². The van der Waals surface area contributed by atoms with E-state index in [1.165, 1.54) is 12.1 Å². The highest BCUT2D eigenvalue weighted by atomic mass is 16.7. The number of nitro benzene ring substituents is 1. The van der Waals surface area contributed by atoms with Gasteiger partial charge in [-0.3, -0.25) is 14.9 Å². The molecule has 0 saturated carbocycles. The third-order valence-electron chi connectivity index (χ3n) is 3.65. The van der Waals surface area contributed by atoms with E-state index in [4.69, 9.17) is 15.2 Å². The summed E-state index contributed by atoms with van der Waals surface area (Å²) in [6, 6.07) is 2.61. The highest BCUT2D eigenvalue weighted by Crippen LogP contribution is 2.40. The number of nitrogens with one attached hydrogen (secondary N) is 1. The molecule has 0 fully saturated rings. The van der Waals surface area contributed by atoms with Gasteiger partial charge in [-0.2, -0.15) is 0 Å². The van der Waals surface area contributed by atoms with Crippen molar-refractivity contribution in [1.82, 2.24) is 0 Å². The van der Waals surface area contributed by atoms with Crippen LogP contribution in [0.1, 0.15) is 26.7 Å². The van der Waals surface area contributed by atoms with Gasteiger partial charge in [0, 0.05) is 6.07 Å². The number of benzene rings is 1. The van der Waals surface area contributed by atoms with Crippen molar-refractivity contribution in [2.45, 2.75) is 32.2 Å². The third-order valence-corrected chi connectivity index (χ3v) is 3.65. The van der Waals surface area contributed by atoms with Crippen LogP contribution in [0.4, 0.5) is 11.4 Å². The topological polar surface area (TPSA) is 117 Å².